The SMILES string of the molecule is Cc1cc(C(=O)NC(CBr)CC(C)C)sc1C. The van der Waals surface area contributed by atoms with Gasteiger partial charge in [-0.15, -0.1) is 11.3 Å². The highest BCUT2D eigenvalue weighted by molar-refractivity contribution is 9.09. The lowest BCUT2D eigenvalue weighted by Crippen LogP contribution is -2.36. The molecule has 4 heteroatoms. The minimum atomic E-state index is 0.0521. The Morgan fingerprint density at radius 1 is 1.47 bits per heavy atom. The number of carbonyl (C=O) groups excluding carboxylic acids is 1. The third kappa shape index (κ3) is 4.43. The molecule has 2 nitrogen and oxygen atoms in total. The van der Waals surface area contributed by atoms with Crippen LogP contribution in [0.1, 0.15) is 40.4 Å². The van der Waals surface area contributed by atoms with Crippen molar-refractivity contribution >= 4 is 33.2 Å². The Balaban J connectivity index is 2.64. The molecule has 17 heavy (non-hydrogen) atoms. The molecule has 1 aromatic rings. The van der Waals surface area contributed by atoms with Crippen LogP contribution >= 0.6 is 27.3 Å². The van der Waals surface area contributed by atoms with Crippen LogP contribution < -0.4 is 5.32 Å². The lowest BCUT2D eigenvalue weighted by molar-refractivity contribution is 0.0941. The first-order chi connectivity index (χ1) is 7.93. The smallest absolute Gasteiger partial charge is 0.261 e. The number of rotatable bonds is 5. The Morgan fingerprint density at radius 2 is 2.12 bits per heavy atom. The van der Waals surface area contributed by atoms with Gasteiger partial charge in [-0.3, -0.25) is 4.79 Å². The number of alkyl halides is 1. The Labute approximate surface area is 116 Å². The number of aryl methyl sites for hydroxylation is 2. The summed E-state index contributed by atoms with van der Waals surface area (Å²) in [6.45, 7) is 8.42. The van der Waals surface area contributed by atoms with Gasteiger partial charge in [0.05, 0.1) is 4.88 Å². The second kappa shape index (κ2) is 6.55. The van der Waals surface area contributed by atoms with E-state index in [1.54, 1.807) is 11.3 Å². The summed E-state index contributed by atoms with van der Waals surface area (Å²) in [5, 5.41) is 3.89. The third-order valence-electron chi connectivity index (χ3n) is 2.67. The highest BCUT2D eigenvalue weighted by Crippen LogP contribution is 2.20. The predicted octanol–water partition coefficient (Wildman–Crippen LogP) is 3.90. The summed E-state index contributed by atoms with van der Waals surface area (Å²) in [6.07, 6.45) is 1.00. The molecule has 0 aliphatic rings. The molecule has 0 saturated carbocycles. The van der Waals surface area contributed by atoms with Crippen molar-refractivity contribution in [1.82, 2.24) is 5.32 Å². The first-order valence-corrected chi connectivity index (χ1v) is 7.81. The number of hydrogen-bond donors (Lipinski definition) is 1. The van der Waals surface area contributed by atoms with Gasteiger partial charge in [-0.2, -0.15) is 0 Å². The Morgan fingerprint density at radius 3 is 2.53 bits per heavy atom. The molecule has 1 atom stereocenters. The van der Waals surface area contributed by atoms with Crippen molar-refractivity contribution < 1.29 is 4.79 Å². The molecule has 1 heterocycles. The third-order valence-corrected chi connectivity index (χ3v) is 4.60. The molecule has 0 aromatic carbocycles. The summed E-state index contributed by atoms with van der Waals surface area (Å²) in [5.41, 5.74) is 1.19. The van der Waals surface area contributed by atoms with Gasteiger partial charge >= 0.3 is 0 Å². The van der Waals surface area contributed by atoms with Crippen LogP contribution in [0.4, 0.5) is 0 Å². The maximum Gasteiger partial charge on any atom is 0.261 e. The molecule has 0 radical (unpaired) electrons. The maximum atomic E-state index is 12.0. The van der Waals surface area contributed by atoms with E-state index in [0.717, 1.165) is 16.6 Å². The van der Waals surface area contributed by atoms with Gasteiger partial charge in [0, 0.05) is 16.2 Å². The van der Waals surface area contributed by atoms with E-state index in [9.17, 15) is 4.79 Å². The van der Waals surface area contributed by atoms with E-state index >= 15 is 0 Å². The van der Waals surface area contributed by atoms with E-state index in [4.69, 9.17) is 0 Å². The van der Waals surface area contributed by atoms with Crippen molar-refractivity contribution in [2.75, 3.05) is 5.33 Å². The molecule has 96 valence electrons. The predicted molar refractivity (Wildman–Crippen MR) is 78.3 cm³/mol. The summed E-state index contributed by atoms with van der Waals surface area (Å²) in [6, 6.07) is 2.18. The van der Waals surface area contributed by atoms with E-state index in [0.29, 0.717) is 5.92 Å². The fourth-order valence-corrected chi connectivity index (χ4v) is 3.03. The largest absolute Gasteiger partial charge is 0.348 e. The number of nitrogens with one attached hydrogen (secondary N) is 1. The Hall–Kier alpha value is -0.350. The molecule has 1 aromatic heterocycles. The number of halogens is 1. The summed E-state index contributed by atoms with van der Waals surface area (Å²) in [4.78, 5) is 14.1. The summed E-state index contributed by atoms with van der Waals surface area (Å²) in [7, 11) is 0. The van der Waals surface area contributed by atoms with E-state index < -0.39 is 0 Å². The molecule has 1 rings (SSSR count). The number of hydrogen-bond acceptors (Lipinski definition) is 2. The second-order valence-corrected chi connectivity index (χ2v) is 6.71. The lowest BCUT2D eigenvalue weighted by atomic mass is 10.1. The van der Waals surface area contributed by atoms with E-state index in [1.165, 1.54) is 10.4 Å². The van der Waals surface area contributed by atoms with Crippen LogP contribution in [0.2, 0.25) is 0 Å². The molecule has 0 bridgehead atoms. The average Bonchev–Trinajstić information content (AvgIpc) is 2.57. The van der Waals surface area contributed by atoms with Crippen molar-refractivity contribution in [3.05, 3.63) is 21.4 Å². The van der Waals surface area contributed by atoms with Crippen molar-refractivity contribution in [1.29, 1.82) is 0 Å². The molecule has 1 N–H and O–H groups in total. The Bertz CT molecular complexity index is 367. The minimum absolute atomic E-state index is 0.0521. The normalized spacial score (nSPS) is 12.8. The zero-order valence-corrected chi connectivity index (χ0v) is 13.2. The molecule has 1 unspecified atom stereocenters. The first kappa shape index (κ1) is 14.7. The lowest BCUT2D eigenvalue weighted by Gasteiger charge is -2.17. The van der Waals surface area contributed by atoms with E-state index in [1.807, 2.05) is 19.9 Å². The molecule has 0 saturated heterocycles. The van der Waals surface area contributed by atoms with Gasteiger partial charge in [0.1, 0.15) is 0 Å². The van der Waals surface area contributed by atoms with Gasteiger partial charge in [-0.1, -0.05) is 29.8 Å². The number of thiophene rings is 1. The van der Waals surface area contributed by atoms with Crippen molar-refractivity contribution in [2.45, 2.75) is 40.2 Å². The first-order valence-electron chi connectivity index (χ1n) is 5.88. The average molecular weight is 318 g/mol. The van der Waals surface area contributed by atoms with Crippen LogP contribution in [0.15, 0.2) is 6.07 Å². The molecule has 0 aliphatic heterocycles. The Kier molecular flexibility index (Phi) is 5.67. The number of carbonyl (C=O) groups is 1. The molecular formula is C13H20BrNOS. The van der Waals surface area contributed by atoms with Gasteiger partial charge in [0.25, 0.3) is 5.91 Å². The highest BCUT2D eigenvalue weighted by atomic mass is 79.9. The quantitative estimate of drug-likeness (QED) is 0.820. The van der Waals surface area contributed by atoms with Crippen LogP contribution in [0.3, 0.4) is 0 Å². The van der Waals surface area contributed by atoms with Crippen LogP contribution in [-0.2, 0) is 0 Å². The van der Waals surface area contributed by atoms with Crippen molar-refractivity contribution in [3.8, 4) is 0 Å². The topological polar surface area (TPSA) is 29.1 Å². The minimum Gasteiger partial charge on any atom is -0.348 e. The zero-order valence-electron chi connectivity index (χ0n) is 10.8. The molecule has 0 spiro atoms. The fraction of sp³-hybridized carbons (Fsp3) is 0.615. The second-order valence-electron chi connectivity index (χ2n) is 4.80. The summed E-state index contributed by atoms with van der Waals surface area (Å²) < 4.78 is 0. The van der Waals surface area contributed by atoms with E-state index in [-0.39, 0.29) is 11.9 Å². The highest BCUT2D eigenvalue weighted by Gasteiger charge is 2.16. The van der Waals surface area contributed by atoms with Crippen molar-refractivity contribution in [3.63, 3.8) is 0 Å². The monoisotopic (exact) mass is 317 g/mol. The standard InChI is InChI=1S/C13H20BrNOS/c1-8(2)5-11(7-14)15-13(16)12-6-9(3)10(4)17-12/h6,8,11H,5,7H2,1-4H3,(H,15,16). The van der Waals surface area contributed by atoms with Gasteiger partial charge in [0.15, 0.2) is 0 Å². The van der Waals surface area contributed by atoms with Crippen LogP contribution in [0.25, 0.3) is 0 Å². The fourth-order valence-electron chi connectivity index (χ4n) is 1.67. The van der Waals surface area contributed by atoms with Crippen molar-refractivity contribution in [2.24, 2.45) is 5.92 Å². The maximum absolute atomic E-state index is 12.0. The zero-order chi connectivity index (χ0) is 13.0. The van der Waals surface area contributed by atoms with Crippen LogP contribution in [0.5, 0.6) is 0 Å². The van der Waals surface area contributed by atoms with Gasteiger partial charge < -0.3 is 5.32 Å². The molecule has 1 amide bonds. The van der Waals surface area contributed by atoms with Crippen LogP contribution in [-0.4, -0.2) is 17.3 Å². The van der Waals surface area contributed by atoms with Gasteiger partial charge in [-0.05, 0) is 37.8 Å². The van der Waals surface area contributed by atoms with Gasteiger partial charge in [-0.25, -0.2) is 0 Å². The number of amides is 1. The molecule has 0 aliphatic carbocycles. The molecular weight excluding hydrogens is 298 g/mol. The molecule has 0 fully saturated rings. The van der Waals surface area contributed by atoms with Crippen LogP contribution in [0, 0.1) is 19.8 Å². The summed E-state index contributed by atoms with van der Waals surface area (Å²) >= 11 is 5.02. The van der Waals surface area contributed by atoms with E-state index in [2.05, 4.69) is 35.1 Å². The summed E-state index contributed by atoms with van der Waals surface area (Å²) in [5.74, 6) is 0.640. The van der Waals surface area contributed by atoms with Gasteiger partial charge in [0.2, 0.25) is 0 Å².